The van der Waals surface area contributed by atoms with E-state index in [4.69, 9.17) is 0 Å². The zero-order valence-corrected chi connectivity index (χ0v) is 5.72. The van der Waals surface area contributed by atoms with Crippen molar-refractivity contribution < 1.29 is 0 Å². The van der Waals surface area contributed by atoms with Gasteiger partial charge in [0, 0.05) is 18.3 Å². The van der Waals surface area contributed by atoms with Crippen LogP contribution in [-0.4, -0.2) is 5.71 Å². The van der Waals surface area contributed by atoms with Gasteiger partial charge in [0.1, 0.15) is 0 Å². The van der Waals surface area contributed by atoms with E-state index in [2.05, 4.69) is 23.5 Å². The lowest BCUT2D eigenvalue weighted by Gasteiger charge is -2.04. The predicted molar refractivity (Wildman–Crippen MR) is 39.2 cm³/mol. The van der Waals surface area contributed by atoms with Crippen molar-refractivity contribution in [2.45, 2.75) is 26.2 Å². The number of hydrazone groups is 1. The van der Waals surface area contributed by atoms with E-state index >= 15 is 0 Å². The van der Waals surface area contributed by atoms with E-state index in [0.29, 0.717) is 0 Å². The molecule has 1 aliphatic heterocycles. The van der Waals surface area contributed by atoms with Crippen molar-refractivity contribution in [3.8, 4) is 0 Å². The number of nitrogens with zero attached hydrogens (tertiary/aromatic N) is 1. The van der Waals surface area contributed by atoms with Crippen LogP contribution in [0, 0.1) is 0 Å². The smallest absolute Gasteiger partial charge is 0.0420 e. The lowest BCUT2D eigenvalue weighted by molar-refractivity contribution is 0.885. The maximum atomic E-state index is 4.10. The molecule has 1 aliphatic rings. The molecule has 0 radical (unpaired) electrons. The van der Waals surface area contributed by atoms with Crippen molar-refractivity contribution in [1.29, 1.82) is 0 Å². The second kappa shape index (κ2) is 3.28. The minimum absolute atomic E-state index is 1.03. The van der Waals surface area contributed by atoms with E-state index < -0.39 is 0 Å². The second-order valence-electron chi connectivity index (χ2n) is 2.16. The normalized spacial score (nSPS) is 16.8. The second-order valence-corrected chi connectivity index (χ2v) is 2.16. The lowest BCUT2D eigenvalue weighted by Crippen LogP contribution is -2.08. The number of hydrogen-bond donors (Lipinski definition) is 1. The van der Waals surface area contributed by atoms with Gasteiger partial charge in [-0.2, -0.15) is 5.10 Å². The zero-order valence-electron chi connectivity index (χ0n) is 5.72. The molecule has 0 saturated carbocycles. The summed E-state index contributed by atoms with van der Waals surface area (Å²) in [4.78, 5) is 0. The summed E-state index contributed by atoms with van der Waals surface area (Å²) in [5.41, 5.74) is 4.09. The van der Waals surface area contributed by atoms with Crippen molar-refractivity contribution in [1.82, 2.24) is 5.43 Å². The summed E-state index contributed by atoms with van der Waals surface area (Å²) < 4.78 is 0. The topological polar surface area (TPSA) is 24.4 Å². The Labute approximate surface area is 55.6 Å². The molecule has 0 saturated heterocycles. The molecule has 9 heavy (non-hydrogen) atoms. The Morgan fingerprint density at radius 1 is 1.78 bits per heavy atom. The Bertz CT molecular complexity index is 136. The summed E-state index contributed by atoms with van der Waals surface area (Å²) in [5.74, 6) is 0. The van der Waals surface area contributed by atoms with Gasteiger partial charge in [-0.3, -0.25) is 5.43 Å². The largest absolute Gasteiger partial charge is 0.286 e. The van der Waals surface area contributed by atoms with E-state index in [1.807, 2.05) is 6.20 Å². The Balaban J connectivity index is 2.32. The number of allylic oxidation sites excluding steroid dienone is 1. The van der Waals surface area contributed by atoms with Crippen LogP contribution in [0.25, 0.3) is 0 Å². The van der Waals surface area contributed by atoms with Crippen LogP contribution in [0.2, 0.25) is 0 Å². The van der Waals surface area contributed by atoms with Gasteiger partial charge in [-0.15, -0.1) is 0 Å². The molecular formula is C7H12N2. The molecule has 0 fully saturated rings. The first-order valence-electron chi connectivity index (χ1n) is 3.39. The molecule has 0 aromatic carbocycles. The fraction of sp³-hybridized carbons (Fsp3) is 0.571. The van der Waals surface area contributed by atoms with Gasteiger partial charge < -0.3 is 0 Å². The number of nitrogens with one attached hydrogen (secondary N) is 1. The van der Waals surface area contributed by atoms with E-state index in [0.717, 1.165) is 12.8 Å². The SMILES string of the molecule is CCCC1=NNC=CC1. The highest BCUT2D eigenvalue weighted by atomic mass is 15.3. The first kappa shape index (κ1) is 6.33. The number of hydrogen-bond acceptors (Lipinski definition) is 2. The van der Waals surface area contributed by atoms with Gasteiger partial charge in [-0.05, 0) is 6.42 Å². The van der Waals surface area contributed by atoms with Gasteiger partial charge in [0.05, 0.1) is 0 Å². The lowest BCUT2D eigenvalue weighted by atomic mass is 10.1. The highest BCUT2D eigenvalue weighted by molar-refractivity contribution is 5.86. The summed E-state index contributed by atoms with van der Waals surface area (Å²) in [6.07, 6.45) is 7.31. The average molecular weight is 124 g/mol. The quantitative estimate of drug-likeness (QED) is 0.594. The van der Waals surface area contributed by atoms with Gasteiger partial charge >= 0.3 is 0 Å². The predicted octanol–water partition coefficient (Wildman–Crippen LogP) is 1.65. The van der Waals surface area contributed by atoms with Crippen LogP contribution in [0.5, 0.6) is 0 Å². The summed E-state index contributed by atoms with van der Waals surface area (Å²) in [5, 5.41) is 4.10. The summed E-state index contributed by atoms with van der Waals surface area (Å²) in [6.45, 7) is 2.17. The molecule has 1 heterocycles. The van der Waals surface area contributed by atoms with E-state index in [1.54, 1.807) is 0 Å². The molecule has 0 unspecified atom stereocenters. The monoisotopic (exact) mass is 124 g/mol. The standard InChI is InChI=1S/C7H12N2/c1-2-4-7-5-3-6-8-9-7/h3,6,8H,2,4-5H2,1H3. The Morgan fingerprint density at radius 2 is 2.67 bits per heavy atom. The Kier molecular flexibility index (Phi) is 2.31. The van der Waals surface area contributed by atoms with E-state index in [-0.39, 0.29) is 0 Å². The third kappa shape index (κ3) is 1.88. The number of rotatable bonds is 2. The molecule has 0 aromatic rings. The Morgan fingerprint density at radius 3 is 3.22 bits per heavy atom. The molecule has 2 nitrogen and oxygen atoms in total. The van der Waals surface area contributed by atoms with Crippen molar-refractivity contribution in [2.24, 2.45) is 5.10 Å². The Hall–Kier alpha value is -0.790. The molecule has 0 aliphatic carbocycles. The molecule has 0 spiro atoms. The van der Waals surface area contributed by atoms with Crippen LogP contribution in [0.15, 0.2) is 17.4 Å². The molecule has 50 valence electrons. The first-order valence-corrected chi connectivity index (χ1v) is 3.39. The van der Waals surface area contributed by atoms with Crippen LogP contribution < -0.4 is 5.43 Å². The molecule has 0 amide bonds. The molecule has 1 rings (SSSR count). The summed E-state index contributed by atoms with van der Waals surface area (Å²) in [6, 6.07) is 0. The van der Waals surface area contributed by atoms with Crippen molar-refractivity contribution in [2.75, 3.05) is 0 Å². The average Bonchev–Trinajstić information content (AvgIpc) is 1.91. The summed E-state index contributed by atoms with van der Waals surface area (Å²) >= 11 is 0. The highest BCUT2D eigenvalue weighted by Crippen LogP contribution is 2.00. The molecule has 0 atom stereocenters. The van der Waals surface area contributed by atoms with Crippen LogP contribution in [0.4, 0.5) is 0 Å². The van der Waals surface area contributed by atoms with Gasteiger partial charge in [-0.1, -0.05) is 19.4 Å². The molecule has 0 bridgehead atoms. The molecular weight excluding hydrogens is 112 g/mol. The van der Waals surface area contributed by atoms with E-state index in [9.17, 15) is 0 Å². The fourth-order valence-corrected chi connectivity index (χ4v) is 0.868. The van der Waals surface area contributed by atoms with Gasteiger partial charge in [-0.25, -0.2) is 0 Å². The summed E-state index contributed by atoms with van der Waals surface area (Å²) in [7, 11) is 0. The van der Waals surface area contributed by atoms with E-state index in [1.165, 1.54) is 12.1 Å². The minimum Gasteiger partial charge on any atom is -0.286 e. The maximum absolute atomic E-state index is 4.10. The fourth-order valence-electron chi connectivity index (χ4n) is 0.868. The minimum atomic E-state index is 1.03. The van der Waals surface area contributed by atoms with Crippen LogP contribution in [0.1, 0.15) is 26.2 Å². The van der Waals surface area contributed by atoms with Gasteiger partial charge in [0.2, 0.25) is 0 Å². The van der Waals surface area contributed by atoms with Crippen LogP contribution in [-0.2, 0) is 0 Å². The maximum Gasteiger partial charge on any atom is 0.0420 e. The van der Waals surface area contributed by atoms with Crippen molar-refractivity contribution in [3.05, 3.63) is 12.3 Å². The first-order chi connectivity index (χ1) is 4.43. The third-order valence-corrected chi connectivity index (χ3v) is 1.31. The zero-order chi connectivity index (χ0) is 6.53. The highest BCUT2D eigenvalue weighted by Gasteiger charge is 1.96. The van der Waals surface area contributed by atoms with Gasteiger partial charge in [0.25, 0.3) is 0 Å². The third-order valence-electron chi connectivity index (χ3n) is 1.31. The van der Waals surface area contributed by atoms with Crippen LogP contribution >= 0.6 is 0 Å². The molecule has 2 heteroatoms. The molecule has 0 aromatic heterocycles. The van der Waals surface area contributed by atoms with Crippen molar-refractivity contribution >= 4 is 5.71 Å². The van der Waals surface area contributed by atoms with Crippen LogP contribution in [0.3, 0.4) is 0 Å². The van der Waals surface area contributed by atoms with Crippen molar-refractivity contribution in [3.63, 3.8) is 0 Å². The van der Waals surface area contributed by atoms with Gasteiger partial charge in [0.15, 0.2) is 0 Å². The molecule has 1 N–H and O–H groups in total.